The highest BCUT2D eigenvalue weighted by molar-refractivity contribution is 5.52. The summed E-state index contributed by atoms with van der Waals surface area (Å²) in [5.74, 6) is 0. The lowest BCUT2D eigenvalue weighted by atomic mass is 9.98. The standard InChI is InChI=1S/C14H22N/c1-3-11-15(4-2)12-7-9-13-8-5-6-10-14(13)15/h5-6,8,10H,3-4,7,9,11-12H2,1-2H3/q+1. The van der Waals surface area contributed by atoms with Crippen molar-refractivity contribution in [3.05, 3.63) is 29.8 Å². The van der Waals surface area contributed by atoms with E-state index in [0.717, 1.165) is 0 Å². The van der Waals surface area contributed by atoms with Crippen LogP contribution in [0, 0.1) is 0 Å². The summed E-state index contributed by atoms with van der Waals surface area (Å²) >= 11 is 0. The van der Waals surface area contributed by atoms with Gasteiger partial charge in [-0.2, -0.15) is 0 Å². The number of hydrogen-bond donors (Lipinski definition) is 0. The average Bonchev–Trinajstić information content (AvgIpc) is 2.30. The average molecular weight is 204 g/mol. The number of para-hydroxylation sites is 1. The SMILES string of the molecule is CCC[N+]1(CC)CCCc2ccccc21. The maximum absolute atomic E-state index is 2.34. The fraction of sp³-hybridized carbons (Fsp3) is 0.571. The minimum Gasteiger partial charge on any atom is -0.291 e. The van der Waals surface area contributed by atoms with Crippen molar-refractivity contribution in [1.82, 2.24) is 4.48 Å². The van der Waals surface area contributed by atoms with Crippen LogP contribution in [-0.4, -0.2) is 19.6 Å². The predicted molar refractivity (Wildman–Crippen MR) is 67.1 cm³/mol. The molecule has 0 fully saturated rings. The normalized spacial score (nSPS) is 24.9. The van der Waals surface area contributed by atoms with Gasteiger partial charge in [0.25, 0.3) is 0 Å². The number of benzene rings is 1. The number of aryl methyl sites for hydroxylation is 1. The molecule has 1 aliphatic heterocycles. The highest BCUT2D eigenvalue weighted by Gasteiger charge is 2.32. The van der Waals surface area contributed by atoms with Gasteiger partial charge in [0.2, 0.25) is 0 Å². The molecule has 15 heavy (non-hydrogen) atoms. The third-order valence-electron chi connectivity index (χ3n) is 3.79. The van der Waals surface area contributed by atoms with E-state index in [1.807, 2.05) is 0 Å². The van der Waals surface area contributed by atoms with E-state index < -0.39 is 0 Å². The molecular formula is C14H22N+. The van der Waals surface area contributed by atoms with E-state index in [1.165, 1.54) is 43.4 Å². The summed E-state index contributed by atoms with van der Waals surface area (Å²) in [6.07, 6.45) is 3.91. The topological polar surface area (TPSA) is 0 Å². The molecule has 0 saturated carbocycles. The smallest absolute Gasteiger partial charge is 0.136 e. The molecule has 0 amide bonds. The lowest BCUT2D eigenvalue weighted by Crippen LogP contribution is -2.52. The summed E-state index contributed by atoms with van der Waals surface area (Å²) in [7, 11) is 0. The van der Waals surface area contributed by atoms with Gasteiger partial charge >= 0.3 is 0 Å². The van der Waals surface area contributed by atoms with Crippen molar-refractivity contribution in [1.29, 1.82) is 0 Å². The second-order valence-corrected chi connectivity index (χ2v) is 4.64. The minimum atomic E-state index is 1.21. The molecule has 0 N–H and O–H groups in total. The van der Waals surface area contributed by atoms with E-state index in [1.54, 1.807) is 11.3 Å². The molecule has 82 valence electrons. The molecule has 1 nitrogen and oxygen atoms in total. The van der Waals surface area contributed by atoms with E-state index in [9.17, 15) is 0 Å². The van der Waals surface area contributed by atoms with Crippen LogP contribution in [0.5, 0.6) is 0 Å². The highest BCUT2D eigenvalue weighted by atomic mass is 15.4. The molecule has 0 radical (unpaired) electrons. The Balaban J connectivity index is 2.42. The largest absolute Gasteiger partial charge is 0.291 e. The van der Waals surface area contributed by atoms with Crippen molar-refractivity contribution >= 4 is 5.69 Å². The number of fused-ring (bicyclic) bond motifs is 1. The zero-order valence-electron chi connectivity index (χ0n) is 10.00. The molecule has 0 bridgehead atoms. The van der Waals surface area contributed by atoms with Crippen LogP contribution in [-0.2, 0) is 6.42 Å². The van der Waals surface area contributed by atoms with Crippen LogP contribution in [0.3, 0.4) is 0 Å². The third-order valence-corrected chi connectivity index (χ3v) is 3.79. The summed E-state index contributed by atoms with van der Waals surface area (Å²) in [4.78, 5) is 0. The maximum Gasteiger partial charge on any atom is 0.136 e. The summed E-state index contributed by atoms with van der Waals surface area (Å²) in [5, 5.41) is 0. The number of nitrogens with zero attached hydrogens (tertiary/aromatic N) is 1. The first-order valence-electron chi connectivity index (χ1n) is 6.27. The quantitative estimate of drug-likeness (QED) is 0.662. The van der Waals surface area contributed by atoms with Gasteiger partial charge in [0.1, 0.15) is 5.69 Å². The minimum absolute atomic E-state index is 1.21. The Bertz CT molecular complexity index is 332. The van der Waals surface area contributed by atoms with Crippen LogP contribution >= 0.6 is 0 Å². The summed E-state index contributed by atoms with van der Waals surface area (Å²) in [6.45, 7) is 8.50. The first-order valence-corrected chi connectivity index (χ1v) is 6.27. The Labute approximate surface area is 93.3 Å². The molecule has 1 atom stereocenters. The molecule has 1 aromatic carbocycles. The Morgan fingerprint density at radius 1 is 1.20 bits per heavy atom. The lowest BCUT2D eigenvalue weighted by molar-refractivity contribution is 0.268. The van der Waals surface area contributed by atoms with Crippen molar-refractivity contribution in [3.8, 4) is 0 Å². The fourth-order valence-electron chi connectivity index (χ4n) is 3.02. The maximum atomic E-state index is 2.34. The molecule has 1 unspecified atom stereocenters. The van der Waals surface area contributed by atoms with Gasteiger partial charge in [-0.25, -0.2) is 0 Å². The van der Waals surface area contributed by atoms with E-state index >= 15 is 0 Å². The second-order valence-electron chi connectivity index (χ2n) is 4.64. The predicted octanol–water partition coefficient (Wildman–Crippen LogP) is 3.37. The van der Waals surface area contributed by atoms with Gasteiger partial charge < -0.3 is 0 Å². The molecule has 1 aromatic rings. The van der Waals surface area contributed by atoms with Gasteiger partial charge in [0, 0.05) is 12.0 Å². The third kappa shape index (κ3) is 1.81. The van der Waals surface area contributed by atoms with Crippen LogP contribution in [0.2, 0.25) is 0 Å². The summed E-state index contributed by atoms with van der Waals surface area (Å²) < 4.78 is 1.21. The van der Waals surface area contributed by atoms with Crippen LogP contribution in [0.25, 0.3) is 0 Å². The first kappa shape index (κ1) is 10.7. The molecule has 0 aromatic heterocycles. The molecule has 0 spiro atoms. The Kier molecular flexibility index (Phi) is 3.11. The number of quaternary nitrogens is 1. The van der Waals surface area contributed by atoms with E-state index in [2.05, 4.69) is 38.1 Å². The molecular weight excluding hydrogens is 182 g/mol. The van der Waals surface area contributed by atoms with Crippen molar-refractivity contribution in [2.75, 3.05) is 19.6 Å². The summed E-state index contributed by atoms with van der Waals surface area (Å²) in [6, 6.07) is 9.03. The first-order chi connectivity index (χ1) is 7.32. The fourth-order valence-corrected chi connectivity index (χ4v) is 3.02. The van der Waals surface area contributed by atoms with Gasteiger partial charge in [-0.15, -0.1) is 0 Å². The number of rotatable bonds is 3. The van der Waals surface area contributed by atoms with Crippen LogP contribution in [0.4, 0.5) is 5.69 Å². The molecule has 2 rings (SSSR count). The van der Waals surface area contributed by atoms with Gasteiger partial charge in [-0.1, -0.05) is 25.1 Å². The Hall–Kier alpha value is -0.820. The highest BCUT2D eigenvalue weighted by Crippen LogP contribution is 2.33. The van der Waals surface area contributed by atoms with Crippen molar-refractivity contribution in [3.63, 3.8) is 0 Å². The van der Waals surface area contributed by atoms with Gasteiger partial charge in [-0.05, 0) is 25.8 Å². The zero-order chi connectivity index (χ0) is 10.7. The second kappa shape index (κ2) is 4.36. The molecule has 1 aliphatic rings. The van der Waals surface area contributed by atoms with E-state index in [0.29, 0.717) is 0 Å². The van der Waals surface area contributed by atoms with Gasteiger partial charge in [-0.3, -0.25) is 4.48 Å². The molecule has 1 heterocycles. The van der Waals surface area contributed by atoms with Crippen LogP contribution < -0.4 is 4.48 Å². The Morgan fingerprint density at radius 2 is 2.00 bits per heavy atom. The van der Waals surface area contributed by atoms with E-state index in [-0.39, 0.29) is 0 Å². The van der Waals surface area contributed by atoms with Gasteiger partial charge in [0.05, 0.1) is 19.6 Å². The lowest BCUT2D eigenvalue weighted by Gasteiger charge is -2.41. The van der Waals surface area contributed by atoms with E-state index in [4.69, 9.17) is 0 Å². The van der Waals surface area contributed by atoms with Crippen molar-refractivity contribution < 1.29 is 0 Å². The van der Waals surface area contributed by atoms with Crippen molar-refractivity contribution in [2.24, 2.45) is 0 Å². The van der Waals surface area contributed by atoms with Crippen molar-refractivity contribution in [2.45, 2.75) is 33.1 Å². The van der Waals surface area contributed by atoms with Gasteiger partial charge in [0.15, 0.2) is 0 Å². The van der Waals surface area contributed by atoms with Crippen LogP contribution in [0.15, 0.2) is 24.3 Å². The number of hydrogen-bond acceptors (Lipinski definition) is 0. The molecule has 0 saturated heterocycles. The Morgan fingerprint density at radius 3 is 2.73 bits per heavy atom. The monoisotopic (exact) mass is 204 g/mol. The van der Waals surface area contributed by atoms with Crippen LogP contribution in [0.1, 0.15) is 32.3 Å². The molecule has 0 aliphatic carbocycles. The zero-order valence-corrected chi connectivity index (χ0v) is 10.00. The molecule has 1 heteroatoms. The summed E-state index contributed by atoms with van der Waals surface area (Å²) in [5.41, 5.74) is 3.17.